The van der Waals surface area contributed by atoms with Gasteiger partial charge >= 0.3 is 6.09 Å². The average Bonchev–Trinajstić information content (AvgIpc) is 2.76. The quantitative estimate of drug-likeness (QED) is 0.548. The van der Waals surface area contributed by atoms with E-state index in [1.165, 1.54) is 5.56 Å². The van der Waals surface area contributed by atoms with Crippen molar-refractivity contribution in [3.8, 4) is 5.75 Å². The fourth-order valence-corrected chi connectivity index (χ4v) is 3.77. The van der Waals surface area contributed by atoms with Crippen molar-refractivity contribution in [3.63, 3.8) is 0 Å². The minimum absolute atomic E-state index is 0. The molecule has 0 spiro atoms. The Morgan fingerprint density at radius 1 is 1.03 bits per heavy atom. The highest BCUT2D eigenvalue weighted by atomic mass is 35.5. The van der Waals surface area contributed by atoms with Crippen LogP contribution in [0.3, 0.4) is 0 Å². The average molecular weight is 460 g/mol. The minimum atomic E-state index is -0.461. The molecule has 3 rings (SSSR count). The molecule has 0 atom stereocenters. The number of amides is 2. The van der Waals surface area contributed by atoms with Crippen LogP contribution in [-0.2, 0) is 17.8 Å². The second kappa shape index (κ2) is 13.8. The van der Waals surface area contributed by atoms with Crippen molar-refractivity contribution in [1.29, 1.82) is 0 Å². The van der Waals surface area contributed by atoms with Crippen LogP contribution < -0.4 is 15.4 Å². The second-order valence-electron chi connectivity index (χ2n) is 8.10. The predicted octanol–water partition coefficient (Wildman–Crippen LogP) is 4.32. The summed E-state index contributed by atoms with van der Waals surface area (Å²) >= 11 is 0. The largest absolute Gasteiger partial charge is 0.412 e. The Kier molecular flexibility index (Phi) is 11.0. The van der Waals surface area contributed by atoms with Crippen LogP contribution in [-0.4, -0.2) is 42.6 Å². The van der Waals surface area contributed by atoms with Crippen LogP contribution in [0.25, 0.3) is 0 Å². The second-order valence-corrected chi connectivity index (χ2v) is 8.10. The molecule has 1 heterocycles. The summed E-state index contributed by atoms with van der Waals surface area (Å²) in [5, 5.41) is 5.88. The van der Waals surface area contributed by atoms with E-state index in [2.05, 4.69) is 46.7 Å². The molecule has 7 heteroatoms. The number of nitrogens with one attached hydrogen (secondary N) is 2. The predicted molar refractivity (Wildman–Crippen MR) is 129 cm³/mol. The normalized spacial score (nSPS) is 14.3. The molecule has 2 aromatic rings. The van der Waals surface area contributed by atoms with E-state index in [4.69, 9.17) is 4.74 Å². The van der Waals surface area contributed by atoms with Crippen LogP contribution in [0, 0.1) is 0 Å². The number of nitrogens with zero attached hydrogens (tertiary/aromatic N) is 1. The number of halogens is 1. The van der Waals surface area contributed by atoms with Gasteiger partial charge in [-0.05, 0) is 42.5 Å². The van der Waals surface area contributed by atoms with Crippen molar-refractivity contribution in [2.45, 2.75) is 51.6 Å². The summed E-state index contributed by atoms with van der Waals surface area (Å²) in [6.07, 6.45) is 3.66. The van der Waals surface area contributed by atoms with Crippen molar-refractivity contribution >= 4 is 24.4 Å². The first kappa shape index (κ1) is 25.7. The zero-order valence-corrected chi connectivity index (χ0v) is 19.5. The molecular weight excluding hydrogens is 426 g/mol. The van der Waals surface area contributed by atoms with Gasteiger partial charge in [0, 0.05) is 32.2 Å². The summed E-state index contributed by atoms with van der Waals surface area (Å²) in [6.45, 7) is 5.59. The van der Waals surface area contributed by atoms with Crippen LogP contribution in [0.4, 0.5) is 4.79 Å². The molecule has 32 heavy (non-hydrogen) atoms. The Morgan fingerprint density at radius 2 is 1.75 bits per heavy atom. The molecule has 0 radical (unpaired) electrons. The highest BCUT2D eigenvalue weighted by Gasteiger charge is 2.20. The minimum Gasteiger partial charge on any atom is -0.410 e. The molecule has 0 aromatic heterocycles. The zero-order chi connectivity index (χ0) is 21.9. The van der Waals surface area contributed by atoms with E-state index < -0.39 is 6.09 Å². The summed E-state index contributed by atoms with van der Waals surface area (Å²) in [6, 6.07) is 17.9. The van der Waals surface area contributed by atoms with Crippen molar-refractivity contribution in [3.05, 3.63) is 65.7 Å². The van der Waals surface area contributed by atoms with Gasteiger partial charge in [0.25, 0.3) is 0 Å². The number of carbonyl (C=O) groups is 2. The Bertz CT molecular complexity index is 839. The van der Waals surface area contributed by atoms with Crippen LogP contribution in [0.15, 0.2) is 54.6 Å². The van der Waals surface area contributed by atoms with Gasteiger partial charge in [0.15, 0.2) is 0 Å². The molecule has 0 saturated carbocycles. The van der Waals surface area contributed by atoms with E-state index in [-0.39, 0.29) is 30.8 Å². The van der Waals surface area contributed by atoms with Gasteiger partial charge in [0.2, 0.25) is 5.91 Å². The molecule has 0 aliphatic carbocycles. The Morgan fingerprint density at radius 3 is 2.47 bits per heavy atom. The van der Waals surface area contributed by atoms with E-state index in [0.29, 0.717) is 12.3 Å². The molecule has 1 aliphatic heterocycles. The zero-order valence-electron chi connectivity index (χ0n) is 18.7. The fraction of sp³-hybridized carbons (Fsp3) is 0.440. The Hall–Kier alpha value is -2.57. The summed E-state index contributed by atoms with van der Waals surface area (Å²) in [4.78, 5) is 26.8. The van der Waals surface area contributed by atoms with Gasteiger partial charge in [-0.15, -0.1) is 12.4 Å². The van der Waals surface area contributed by atoms with Gasteiger partial charge in [-0.1, -0.05) is 55.8 Å². The lowest BCUT2D eigenvalue weighted by Crippen LogP contribution is -2.44. The molecule has 1 fully saturated rings. The number of likely N-dealkylation sites (tertiary alicyclic amines) is 1. The number of rotatable bonds is 9. The maximum absolute atomic E-state index is 12.5. The van der Waals surface area contributed by atoms with Crippen LogP contribution >= 0.6 is 12.4 Å². The van der Waals surface area contributed by atoms with Crippen molar-refractivity contribution < 1.29 is 14.3 Å². The Labute approximate surface area is 197 Å². The summed E-state index contributed by atoms with van der Waals surface area (Å²) in [5.74, 6) is 0.458. The molecule has 1 saturated heterocycles. The van der Waals surface area contributed by atoms with Crippen LogP contribution in [0.2, 0.25) is 0 Å². The molecule has 0 bridgehead atoms. The smallest absolute Gasteiger partial charge is 0.410 e. The molecule has 2 aromatic carbocycles. The van der Waals surface area contributed by atoms with Gasteiger partial charge in [0.1, 0.15) is 5.75 Å². The standard InChI is InChI=1S/C25H33N3O3.ClH/c1-2-3-14-26-25(30)31-23-11-7-10-21(17-23)18-24(29)27-22-12-15-28(16-13-22)19-20-8-5-4-6-9-20;/h4-11,17,22H,2-3,12-16,18-19H2,1H3,(H,26,30)(H,27,29);1H. The first-order chi connectivity index (χ1) is 15.1. The lowest BCUT2D eigenvalue weighted by Gasteiger charge is -2.32. The first-order valence-corrected chi connectivity index (χ1v) is 11.2. The van der Waals surface area contributed by atoms with Crippen LogP contribution in [0.1, 0.15) is 43.7 Å². The molecule has 6 nitrogen and oxygen atoms in total. The van der Waals surface area contributed by atoms with Crippen molar-refractivity contribution in [1.82, 2.24) is 15.5 Å². The summed E-state index contributed by atoms with van der Waals surface area (Å²) < 4.78 is 5.31. The third-order valence-electron chi connectivity index (χ3n) is 5.48. The lowest BCUT2D eigenvalue weighted by atomic mass is 10.0. The summed E-state index contributed by atoms with van der Waals surface area (Å²) in [5.41, 5.74) is 2.16. The van der Waals surface area contributed by atoms with E-state index >= 15 is 0 Å². The molecular formula is C25H34ClN3O3. The number of hydrogen-bond acceptors (Lipinski definition) is 4. The molecule has 1 aliphatic rings. The topological polar surface area (TPSA) is 70.7 Å². The van der Waals surface area contributed by atoms with Crippen molar-refractivity contribution in [2.24, 2.45) is 0 Å². The molecule has 174 valence electrons. The van der Waals surface area contributed by atoms with Gasteiger partial charge < -0.3 is 15.4 Å². The monoisotopic (exact) mass is 459 g/mol. The third kappa shape index (κ3) is 8.89. The SMILES string of the molecule is CCCCNC(=O)Oc1cccc(CC(=O)NC2CCN(Cc3ccccc3)CC2)c1.Cl. The van der Waals surface area contributed by atoms with E-state index in [0.717, 1.165) is 50.9 Å². The number of unbranched alkanes of at least 4 members (excludes halogenated alkanes) is 1. The van der Waals surface area contributed by atoms with E-state index in [1.807, 2.05) is 12.1 Å². The highest BCUT2D eigenvalue weighted by Crippen LogP contribution is 2.16. The number of benzene rings is 2. The van der Waals surface area contributed by atoms with Gasteiger partial charge in [-0.3, -0.25) is 9.69 Å². The fourth-order valence-electron chi connectivity index (χ4n) is 3.77. The highest BCUT2D eigenvalue weighted by molar-refractivity contribution is 5.85. The Balaban J connectivity index is 0.00000363. The van der Waals surface area contributed by atoms with E-state index in [1.54, 1.807) is 18.2 Å². The van der Waals surface area contributed by atoms with Gasteiger partial charge in [-0.25, -0.2) is 4.79 Å². The molecule has 0 unspecified atom stereocenters. The summed E-state index contributed by atoms with van der Waals surface area (Å²) in [7, 11) is 0. The number of ether oxygens (including phenoxy) is 1. The number of piperidine rings is 1. The molecule has 2 N–H and O–H groups in total. The van der Waals surface area contributed by atoms with Gasteiger partial charge in [-0.2, -0.15) is 0 Å². The lowest BCUT2D eigenvalue weighted by molar-refractivity contribution is -0.121. The number of hydrogen-bond donors (Lipinski definition) is 2. The van der Waals surface area contributed by atoms with E-state index in [9.17, 15) is 9.59 Å². The maximum atomic E-state index is 12.5. The third-order valence-corrected chi connectivity index (χ3v) is 5.48. The number of carbonyl (C=O) groups excluding carboxylic acids is 2. The van der Waals surface area contributed by atoms with Crippen molar-refractivity contribution in [2.75, 3.05) is 19.6 Å². The molecule has 2 amide bonds. The maximum Gasteiger partial charge on any atom is 0.412 e. The first-order valence-electron chi connectivity index (χ1n) is 11.2. The van der Waals surface area contributed by atoms with Gasteiger partial charge in [0.05, 0.1) is 6.42 Å². The van der Waals surface area contributed by atoms with Crippen LogP contribution in [0.5, 0.6) is 5.75 Å².